The first-order valence-electron chi connectivity index (χ1n) is 9.21. The summed E-state index contributed by atoms with van der Waals surface area (Å²) in [6.07, 6.45) is 0.221. The first kappa shape index (κ1) is 18.3. The molecule has 0 spiro atoms. The van der Waals surface area contributed by atoms with Crippen molar-refractivity contribution in [3.8, 4) is 51.6 Å². The average molecular weight is 419 g/mol. The van der Waals surface area contributed by atoms with E-state index in [1.807, 2.05) is 46.2 Å². The molecule has 0 bridgehead atoms. The van der Waals surface area contributed by atoms with Gasteiger partial charge in [0.1, 0.15) is 0 Å². The van der Waals surface area contributed by atoms with E-state index in [-0.39, 0.29) is 13.2 Å². The van der Waals surface area contributed by atoms with Crippen LogP contribution in [0.15, 0.2) is 41.8 Å². The van der Waals surface area contributed by atoms with Crippen LogP contribution in [0.2, 0.25) is 0 Å². The van der Waals surface area contributed by atoms with Crippen LogP contribution < -0.4 is 18.9 Å². The van der Waals surface area contributed by atoms with Crippen LogP contribution in [0.25, 0.3) is 27.5 Å². The average Bonchev–Trinajstić information content (AvgIpc) is 3.49. The normalized spacial score (nSPS) is 12.2. The van der Waals surface area contributed by atoms with E-state index in [2.05, 4.69) is 6.07 Å². The topological polar surface area (TPSA) is 78.0 Å². The third kappa shape index (κ3) is 2.83. The highest BCUT2D eigenvalue weighted by atomic mass is 32.1. The Kier molecular flexibility index (Phi) is 4.45. The maximum absolute atomic E-state index is 9.51. The van der Waals surface area contributed by atoms with Crippen molar-refractivity contribution in [3.05, 3.63) is 47.5 Å². The number of nitrogens with zero attached hydrogens (tertiary/aromatic N) is 3. The molecule has 3 heterocycles. The number of fused-ring (bicyclic) bond motifs is 2. The zero-order valence-electron chi connectivity index (χ0n) is 16.3. The summed E-state index contributed by atoms with van der Waals surface area (Å²) in [5, 5.41) is 11.5. The van der Waals surface area contributed by atoms with Gasteiger partial charge < -0.3 is 18.9 Å². The Morgan fingerprint density at radius 3 is 2.67 bits per heavy atom. The Bertz CT molecular complexity index is 1300. The van der Waals surface area contributed by atoms with Crippen LogP contribution in [-0.2, 0) is 6.42 Å². The lowest BCUT2D eigenvalue weighted by atomic mass is 10.1. The molecule has 0 unspecified atom stereocenters. The number of ether oxygens (including phenoxy) is 4. The molecule has 0 radical (unpaired) electrons. The second-order valence-corrected chi connectivity index (χ2v) is 7.46. The summed E-state index contributed by atoms with van der Waals surface area (Å²) in [6, 6.07) is 13.8. The third-order valence-electron chi connectivity index (χ3n) is 5.03. The van der Waals surface area contributed by atoms with Gasteiger partial charge in [-0.2, -0.15) is 5.26 Å². The molecule has 0 amide bonds. The minimum atomic E-state index is 0.221. The van der Waals surface area contributed by atoms with Crippen LogP contribution >= 0.6 is 11.3 Å². The fourth-order valence-corrected chi connectivity index (χ4v) is 4.54. The van der Waals surface area contributed by atoms with Gasteiger partial charge in [0.25, 0.3) is 0 Å². The molecule has 0 N–H and O–H groups in total. The summed E-state index contributed by atoms with van der Waals surface area (Å²) in [5.74, 6) is 2.71. The van der Waals surface area contributed by atoms with E-state index in [1.54, 1.807) is 14.2 Å². The lowest BCUT2D eigenvalue weighted by Crippen LogP contribution is -1.96. The van der Waals surface area contributed by atoms with E-state index in [9.17, 15) is 5.26 Å². The van der Waals surface area contributed by atoms with E-state index in [1.165, 1.54) is 11.3 Å². The fourth-order valence-electron chi connectivity index (χ4n) is 3.63. The van der Waals surface area contributed by atoms with Gasteiger partial charge >= 0.3 is 0 Å². The number of rotatable bonds is 5. The minimum absolute atomic E-state index is 0.221. The zero-order valence-corrected chi connectivity index (χ0v) is 17.2. The lowest BCUT2D eigenvalue weighted by molar-refractivity contribution is 0.174. The lowest BCUT2D eigenvalue weighted by Gasteiger charge is -2.10. The molecule has 0 aliphatic carbocycles. The first-order valence-corrected chi connectivity index (χ1v) is 10.1. The maximum atomic E-state index is 9.51. The van der Waals surface area contributed by atoms with Crippen molar-refractivity contribution in [2.45, 2.75) is 6.42 Å². The van der Waals surface area contributed by atoms with Crippen LogP contribution in [0.1, 0.15) is 5.69 Å². The quantitative estimate of drug-likeness (QED) is 0.473. The molecule has 1 aliphatic rings. The summed E-state index contributed by atoms with van der Waals surface area (Å²) >= 11 is 1.53. The molecule has 7 nitrogen and oxygen atoms in total. The number of imidazole rings is 1. The van der Waals surface area contributed by atoms with Crippen molar-refractivity contribution in [2.75, 3.05) is 21.0 Å². The number of nitriles is 1. The highest BCUT2D eigenvalue weighted by Crippen LogP contribution is 2.40. The zero-order chi connectivity index (χ0) is 20.7. The SMILES string of the molecule is COc1ccc(-c2nc3scc(-c4ccc5c(c4)OCO5)n3c2CC#N)cc1OC. The maximum Gasteiger partial charge on any atom is 0.231 e. The van der Waals surface area contributed by atoms with Gasteiger partial charge in [-0.1, -0.05) is 0 Å². The second kappa shape index (κ2) is 7.28. The molecule has 0 saturated carbocycles. The third-order valence-corrected chi connectivity index (χ3v) is 5.86. The van der Waals surface area contributed by atoms with E-state index in [0.29, 0.717) is 17.2 Å². The number of hydrogen-bond donors (Lipinski definition) is 0. The second-order valence-electron chi connectivity index (χ2n) is 6.62. The molecule has 0 saturated heterocycles. The summed E-state index contributed by atoms with van der Waals surface area (Å²) in [4.78, 5) is 5.65. The van der Waals surface area contributed by atoms with Crippen molar-refractivity contribution >= 4 is 16.3 Å². The Morgan fingerprint density at radius 1 is 1.07 bits per heavy atom. The highest BCUT2D eigenvalue weighted by molar-refractivity contribution is 7.15. The van der Waals surface area contributed by atoms with Crippen molar-refractivity contribution in [2.24, 2.45) is 0 Å². The fraction of sp³-hybridized carbons (Fsp3) is 0.182. The number of benzene rings is 2. The van der Waals surface area contributed by atoms with E-state index in [4.69, 9.17) is 23.9 Å². The standard InChI is InChI=1S/C22H17N3O4S/c1-26-17-5-4-14(10-19(17)27-2)21-15(7-8-23)25-16(11-30-22(25)24-21)13-3-6-18-20(9-13)29-12-28-18/h3-6,9-11H,7,12H2,1-2H3. The van der Waals surface area contributed by atoms with Gasteiger partial charge in [0, 0.05) is 16.5 Å². The molecule has 0 fully saturated rings. The number of hydrogen-bond acceptors (Lipinski definition) is 7. The minimum Gasteiger partial charge on any atom is -0.493 e. The molecule has 150 valence electrons. The molecule has 2 aromatic heterocycles. The van der Waals surface area contributed by atoms with Crippen LogP contribution in [0, 0.1) is 11.3 Å². The van der Waals surface area contributed by atoms with Crippen molar-refractivity contribution in [3.63, 3.8) is 0 Å². The van der Waals surface area contributed by atoms with Gasteiger partial charge in [-0.05, 0) is 36.4 Å². The van der Waals surface area contributed by atoms with Crippen LogP contribution in [0.5, 0.6) is 23.0 Å². The number of methoxy groups -OCH3 is 2. The largest absolute Gasteiger partial charge is 0.493 e. The number of thiazole rings is 1. The smallest absolute Gasteiger partial charge is 0.231 e. The van der Waals surface area contributed by atoms with Crippen molar-refractivity contribution in [1.29, 1.82) is 5.26 Å². The van der Waals surface area contributed by atoms with Crippen LogP contribution in [0.4, 0.5) is 0 Å². The monoisotopic (exact) mass is 419 g/mol. The van der Waals surface area contributed by atoms with E-state index < -0.39 is 0 Å². The molecule has 30 heavy (non-hydrogen) atoms. The molecule has 4 aromatic rings. The van der Waals surface area contributed by atoms with E-state index >= 15 is 0 Å². The first-order chi connectivity index (χ1) is 14.7. The summed E-state index contributed by atoms with van der Waals surface area (Å²) in [5.41, 5.74) is 4.38. The summed E-state index contributed by atoms with van der Waals surface area (Å²) < 4.78 is 23.8. The van der Waals surface area contributed by atoms with Gasteiger partial charge in [-0.15, -0.1) is 11.3 Å². The summed E-state index contributed by atoms with van der Waals surface area (Å²) in [7, 11) is 3.20. The van der Waals surface area contributed by atoms with Gasteiger partial charge in [-0.3, -0.25) is 4.40 Å². The predicted octanol–water partition coefficient (Wildman–Crippen LogP) is 4.54. The molecule has 5 rings (SSSR count). The Labute approximate surface area is 176 Å². The number of aromatic nitrogens is 2. The predicted molar refractivity (Wildman–Crippen MR) is 112 cm³/mol. The Morgan fingerprint density at radius 2 is 1.87 bits per heavy atom. The Hall–Kier alpha value is -3.70. The van der Waals surface area contributed by atoms with Gasteiger partial charge in [0.2, 0.25) is 6.79 Å². The van der Waals surface area contributed by atoms with Crippen LogP contribution in [-0.4, -0.2) is 30.4 Å². The van der Waals surface area contributed by atoms with E-state index in [0.717, 1.165) is 38.9 Å². The molecule has 0 atom stereocenters. The van der Waals surface area contributed by atoms with Crippen molar-refractivity contribution in [1.82, 2.24) is 9.38 Å². The van der Waals surface area contributed by atoms with Crippen LogP contribution in [0.3, 0.4) is 0 Å². The van der Waals surface area contributed by atoms with Gasteiger partial charge in [-0.25, -0.2) is 4.98 Å². The molecular weight excluding hydrogens is 402 g/mol. The molecule has 8 heteroatoms. The highest BCUT2D eigenvalue weighted by Gasteiger charge is 2.21. The van der Waals surface area contributed by atoms with Crippen molar-refractivity contribution < 1.29 is 18.9 Å². The van der Waals surface area contributed by atoms with Gasteiger partial charge in [0.15, 0.2) is 28.0 Å². The summed E-state index contributed by atoms with van der Waals surface area (Å²) in [6.45, 7) is 0.228. The molecule has 2 aromatic carbocycles. The molecule has 1 aliphatic heterocycles. The Balaban J connectivity index is 1.68. The molecular formula is C22H17N3O4S. The van der Waals surface area contributed by atoms with Gasteiger partial charge in [0.05, 0.1) is 43.8 Å².